The highest BCUT2D eigenvalue weighted by Gasteiger charge is 2.53. The normalized spacial score (nSPS) is 21.1. The minimum Gasteiger partial charge on any atom is -0.325 e. The topological polar surface area (TPSA) is 113 Å². The predicted molar refractivity (Wildman–Crippen MR) is 103 cm³/mol. The molecule has 2 heterocycles. The molecule has 0 aromatic heterocycles. The van der Waals surface area contributed by atoms with Crippen LogP contribution in [0.3, 0.4) is 0 Å². The van der Waals surface area contributed by atoms with Gasteiger partial charge in [0.1, 0.15) is 5.54 Å². The zero-order valence-corrected chi connectivity index (χ0v) is 15.3. The molecule has 1 saturated heterocycles. The number of piperidine rings is 1. The van der Waals surface area contributed by atoms with Crippen LogP contribution >= 0.6 is 0 Å². The average molecular weight is 387 g/mol. The molecule has 8 heteroatoms. The molecular formula is C20H25N3O5. The fourth-order valence-electron chi connectivity index (χ4n) is 3.40. The SMILES string of the molecule is C.CCCCC(=O)Nc1cccc2c1C(=O)N(C1(C)CCC(=O)NC1=O)C2=O. The number of fused-ring (bicyclic) bond motifs is 1. The highest BCUT2D eigenvalue weighted by molar-refractivity contribution is 6.26. The van der Waals surface area contributed by atoms with Crippen molar-refractivity contribution in [1.82, 2.24) is 10.2 Å². The van der Waals surface area contributed by atoms with Gasteiger partial charge in [0.25, 0.3) is 17.7 Å². The van der Waals surface area contributed by atoms with E-state index in [2.05, 4.69) is 10.6 Å². The minimum absolute atomic E-state index is 0. The van der Waals surface area contributed by atoms with Gasteiger partial charge >= 0.3 is 0 Å². The highest BCUT2D eigenvalue weighted by Crippen LogP contribution is 2.37. The maximum atomic E-state index is 13.0. The van der Waals surface area contributed by atoms with Crippen molar-refractivity contribution in [1.29, 1.82) is 0 Å². The molecule has 2 N–H and O–H groups in total. The Labute approximate surface area is 163 Å². The number of hydrogen-bond donors (Lipinski definition) is 2. The first kappa shape index (κ1) is 21.3. The van der Waals surface area contributed by atoms with E-state index in [0.717, 1.165) is 11.3 Å². The quantitative estimate of drug-likeness (QED) is 0.753. The van der Waals surface area contributed by atoms with Crippen molar-refractivity contribution >= 4 is 35.2 Å². The number of rotatable bonds is 5. The Hall–Kier alpha value is -3.03. The van der Waals surface area contributed by atoms with Crippen molar-refractivity contribution in [2.75, 3.05) is 5.32 Å². The van der Waals surface area contributed by atoms with Crippen molar-refractivity contribution in [2.45, 2.75) is 58.9 Å². The van der Waals surface area contributed by atoms with Crippen LogP contribution in [-0.2, 0) is 14.4 Å². The van der Waals surface area contributed by atoms with Gasteiger partial charge in [-0.25, -0.2) is 0 Å². The van der Waals surface area contributed by atoms with Gasteiger partial charge in [-0.05, 0) is 31.9 Å². The number of amides is 5. The molecule has 5 amide bonds. The lowest BCUT2D eigenvalue weighted by atomic mass is 9.89. The van der Waals surface area contributed by atoms with E-state index in [1.807, 2.05) is 6.92 Å². The van der Waals surface area contributed by atoms with Gasteiger partial charge in [-0.15, -0.1) is 0 Å². The van der Waals surface area contributed by atoms with E-state index < -0.39 is 29.2 Å². The second kappa shape index (κ2) is 7.92. The summed E-state index contributed by atoms with van der Waals surface area (Å²) in [7, 11) is 0. The third-order valence-corrected chi connectivity index (χ3v) is 5.02. The molecule has 1 atom stereocenters. The Kier molecular flexibility index (Phi) is 6.01. The average Bonchev–Trinajstić information content (AvgIpc) is 2.89. The lowest BCUT2D eigenvalue weighted by Gasteiger charge is -2.38. The third-order valence-electron chi connectivity index (χ3n) is 5.02. The molecule has 8 nitrogen and oxygen atoms in total. The zero-order chi connectivity index (χ0) is 19.8. The second-order valence-electron chi connectivity index (χ2n) is 6.98. The maximum Gasteiger partial charge on any atom is 0.264 e. The summed E-state index contributed by atoms with van der Waals surface area (Å²) in [5.41, 5.74) is -0.979. The van der Waals surface area contributed by atoms with Crippen LogP contribution in [0, 0.1) is 0 Å². The number of nitrogens with one attached hydrogen (secondary N) is 2. The Morgan fingerprint density at radius 1 is 1.21 bits per heavy atom. The molecule has 2 aliphatic rings. The lowest BCUT2D eigenvalue weighted by molar-refractivity contribution is -0.141. The van der Waals surface area contributed by atoms with Gasteiger partial charge in [0.15, 0.2) is 0 Å². The molecule has 28 heavy (non-hydrogen) atoms. The van der Waals surface area contributed by atoms with Gasteiger partial charge in [0.05, 0.1) is 16.8 Å². The summed E-state index contributed by atoms with van der Waals surface area (Å²) in [6.07, 6.45) is 1.98. The van der Waals surface area contributed by atoms with Gasteiger partial charge in [0.2, 0.25) is 11.8 Å². The fraction of sp³-hybridized carbons (Fsp3) is 0.450. The molecule has 0 bridgehead atoms. The minimum atomic E-state index is -1.45. The van der Waals surface area contributed by atoms with E-state index in [-0.39, 0.29) is 43.0 Å². The fourth-order valence-corrected chi connectivity index (χ4v) is 3.40. The van der Waals surface area contributed by atoms with Gasteiger partial charge in [0, 0.05) is 12.8 Å². The van der Waals surface area contributed by atoms with E-state index in [1.165, 1.54) is 13.0 Å². The predicted octanol–water partition coefficient (Wildman–Crippen LogP) is 2.24. The number of hydrogen-bond acceptors (Lipinski definition) is 5. The Balaban J connectivity index is 0.00000280. The standard InChI is InChI=1S/C19H21N3O5.CH4/c1-3-4-8-13(23)20-12-7-5-6-11-15(12)17(26)22(16(11)25)19(2)10-9-14(24)21-18(19)27;/h5-7H,3-4,8-10H2,1-2H3,(H,20,23)(H,21,24,27);1H4. The molecule has 0 aliphatic carbocycles. The van der Waals surface area contributed by atoms with E-state index in [0.29, 0.717) is 12.8 Å². The van der Waals surface area contributed by atoms with Crippen molar-refractivity contribution < 1.29 is 24.0 Å². The maximum absolute atomic E-state index is 13.0. The Morgan fingerprint density at radius 2 is 1.93 bits per heavy atom. The smallest absolute Gasteiger partial charge is 0.264 e. The summed E-state index contributed by atoms with van der Waals surface area (Å²) < 4.78 is 0. The number of benzene rings is 1. The van der Waals surface area contributed by atoms with Crippen LogP contribution in [0.4, 0.5) is 5.69 Å². The summed E-state index contributed by atoms with van der Waals surface area (Å²) in [5.74, 6) is -2.60. The van der Waals surface area contributed by atoms with Crippen molar-refractivity contribution in [3.63, 3.8) is 0 Å². The molecule has 1 aromatic rings. The molecule has 0 saturated carbocycles. The van der Waals surface area contributed by atoms with Crippen LogP contribution in [0.1, 0.15) is 74.1 Å². The monoisotopic (exact) mass is 387 g/mol. The van der Waals surface area contributed by atoms with E-state index in [4.69, 9.17) is 0 Å². The molecule has 150 valence electrons. The lowest BCUT2D eigenvalue weighted by Crippen LogP contribution is -2.62. The van der Waals surface area contributed by atoms with Crippen LogP contribution < -0.4 is 10.6 Å². The number of carbonyl (C=O) groups is 5. The molecule has 1 unspecified atom stereocenters. The van der Waals surface area contributed by atoms with E-state index in [1.54, 1.807) is 12.1 Å². The molecule has 1 aromatic carbocycles. The summed E-state index contributed by atoms with van der Waals surface area (Å²) >= 11 is 0. The van der Waals surface area contributed by atoms with Crippen LogP contribution in [0.15, 0.2) is 18.2 Å². The van der Waals surface area contributed by atoms with E-state index in [9.17, 15) is 24.0 Å². The number of imide groups is 2. The Morgan fingerprint density at radius 3 is 2.57 bits per heavy atom. The van der Waals surface area contributed by atoms with Crippen LogP contribution in [0.2, 0.25) is 0 Å². The highest BCUT2D eigenvalue weighted by atomic mass is 16.2. The summed E-state index contributed by atoms with van der Waals surface area (Å²) in [6.45, 7) is 3.43. The first-order valence-electron chi connectivity index (χ1n) is 8.95. The third kappa shape index (κ3) is 3.42. The number of nitrogens with zero attached hydrogens (tertiary/aromatic N) is 1. The molecule has 0 radical (unpaired) electrons. The van der Waals surface area contributed by atoms with Crippen molar-refractivity contribution in [3.05, 3.63) is 29.3 Å². The first-order valence-corrected chi connectivity index (χ1v) is 8.95. The molecule has 0 spiro atoms. The number of carbonyl (C=O) groups excluding carboxylic acids is 5. The van der Waals surface area contributed by atoms with Gasteiger partial charge in [-0.2, -0.15) is 0 Å². The largest absolute Gasteiger partial charge is 0.325 e. The summed E-state index contributed by atoms with van der Waals surface area (Å²) in [6, 6.07) is 4.63. The van der Waals surface area contributed by atoms with E-state index >= 15 is 0 Å². The van der Waals surface area contributed by atoms with Crippen LogP contribution in [0.5, 0.6) is 0 Å². The molecule has 2 aliphatic heterocycles. The first-order chi connectivity index (χ1) is 12.8. The number of unbranched alkanes of at least 4 members (excludes halogenated alkanes) is 1. The van der Waals surface area contributed by atoms with Crippen LogP contribution in [-0.4, -0.2) is 40.0 Å². The molecule has 3 rings (SSSR count). The molecular weight excluding hydrogens is 362 g/mol. The second-order valence-corrected chi connectivity index (χ2v) is 6.98. The zero-order valence-electron chi connectivity index (χ0n) is 15.3. The Bertz CT molecular complexity index is 863. The summed E-state index contributed by atoms with van der Waals surface area (Å²) in [5, 5.41) is 4.88. The van der Waals surface area contributed by atoms with Gasteiger partial charge < -0.3 is 5.32 Å². The van der Waals surface area contributed by atoms with Gasteiger partial charge in [-0.1, -0.05) is 26.8 Å². The van der Waals surface area contributed by atoms with Crippen molar-refractivity contribution in [3.8, 4) is 0 Å². The van der Waals surface area contributed by atoms with Crippen LogP contribution in [0.25, 0.3) is 0 Å². The number of anilines is 1. The van der Waals surface area contributed by atoms with Crippen molar-refractivity contribution in [2.24, 2.45) is 0 Å². The molecule has 1 fully saturated rings. The summed E-state index contributed by atoms with van der Waals surface area (Å²) in [4.78, 5) is 62.7. The van der Waals surface area contributed by atoms with Gasteiger partial charge in [-0.3, -0.25) is 34.2 Å².